The number of aryl methyl sites for hydroxylation is 1. The van der Waals surface area contributed by atoms with Gasteiger partial charge in [-0.3, -0.25) is 4.79 Å². The SMILES string of the molecule is CCCCCN(C)C(=O)Oc1cn(CC)c(=O)c2cc(OC)c(OC)cc12. The van der Waals surface area contributed by atoms with E-state index in [1.165, 1.54) is 18.8 Å². The minimum atomic E-state index is -0.455. The number of benzene rings is 1. The van der Waals surface area contributed by atoms with Gasteiger partial charge in [0.15, 0.2) is 17.2 Å². The first-order chi connectivity index (χ1) is 13.0. The molecule has 0 aliphatic carbocycles. The number of unbranched alkanes of at least 4 members (excludes halogenated alkanes) is 2. The average Bonchev–Trinajstić information content (AvgIpc) is 2.68. The monoisotopic (exact) mass is 376 g/mol. The van der Waals surface area contributed by atoms with E-state index in [1.807, 2.05) is 6.92 Å². The molecule has 0 fully saturated rings. The van der Waals surface area contributed by atoms with Gasteiger partial charge < -0.3 is 23.7 Å². The Morgan fingerprint density at radius 3 is 2.22 bits per heavy atom. The van der Waals surface area contributed by atoms with Crippen molar-refractivity contribution >= 4 is 16.9 Å². The Bertz CT molecular complexity index is 860. The van der Waals surface area contributed by atoms with Gasteiger partial charge in [-0.25, -0.2) is 4.79 Å². The summed E-state index contributed by atoms with van der Waals surface area (Å²) >= 11 is 0. The largest absolute Gasteiger partial charge is 0.493 e. The smallest absolute Gasteiger partial charge is 0.415 e. The molecule has 1 heterocycles. The molecule has 0 atom stereocenters. The summed E-state index contributed by atoms with van der Waals surface area (Å²) in [4.78, 5) is 26.7. The molecule has 1 amide bonds. The number of pyridine rings is 1. The van der Waals surface area contributed by atoms with E-state index in [4.69, 9.17) is 14.2 Å². The predicted octanol–water partition coefficient (Wildman–Crippen LogP) is 3.66. The standard InChI is InChI=1S/C20H28N2O5/c1-6-8-9-10-21(3)20(24)27-18-13-22(7-2)19(23)15-12-17(26-5)16(25-4)11-14(15)18/h11-13H,6-10H2,1-5H3. The molecule has 0 saturated carbocycles. The van der Waals surface area contributed by atoms with Crippen LogP contribution >= 0.6 is 0 Å². The number of aromatic nitrogens is 1. The number of amides is 1. The molecule has 7 heteroatoms. The molecule has 0 unspecified atom stereocenters. The molecule has 2 aromatic rings. The molecule has 7 nitrogen and oxygen atoms in total. The minimum absolute atomic E-state index is 0.176. The number of rotatable bonds is 8. The number of hydrogen-bond acceptors (Lipinski definition) is 5. The molecule has 0 aliphatic heterocycles. The second-order valence-electron chi connectivity index (χ2n) is 6.33. The zero-order valence-electron chi connectivity index (χ0n) is 16.7. The Balaban J connectivity index is 2.47. The van der Waals surface area contributed by atoms with Crippen molar-refractivity contribution in [3.05, 3.63) is 28.7 Å². The van der Waals surface area contributed by atoms with Gasteiger partial charge in [0.1, 0.15) is 0 Å². The first-order valence-corrected chi connectivity index (χ1v) is 9.18. The van der Waals surface area contributed by atoms with Gasteiger partial charge >= 0.3 is 6.09 Å². The second-order valence-corrected chi connectivity index (χ2v) is 6.33. The van der Waals surface area contributed by atoms with Crippen molar-refractivity contribution in [3.8, 4) is 17.2 Å². The van der Waals surface area contributed by atoms with Crippen LogP contribution in [0, 0.1) is 0 Å². The summed E-state index contributed by atoms with van der Waals surface area (Å²) in [5.41, 5.74) is -0.176. The van der Waals surface area contributed by atoms with Gasteiger partial charge in [0.05, 0.1) is 25.8 Å². The van der Waals surface area contributed by atoms with Crippen molar-refractivity contribution in [2.24, 2.45) is 0 Å². The van der Waals surface area contributed by atoms with Crippen LogP contribution in [-0.4, -0.2) is 43.4 Å². The summed E-state index contributed by atoms with van der Waals surface area (Å²) in [7, 11) is 4.74. The van der Waals surface area contributed by atoms with Gasteiger partial charge in [-0.05, 0) is 25.5 Å². The maximum atomic E-state index is 12.7. The zero-order valence-corrected chi connectivity index (χ0v) is 16.7. The van der Waals surface area contributed by atoms with Crippen LogP contribution < -0.4 is 19.8 Å². The van der Waals surface area contributed by atoms with E-state index >= 15 is 0 Å². The number of hydrogen-bond donors (Lipinski definition) is 0. The van der Waals surface area contributed by atoms with Crippen LogP contribution in [0.15, 0.2) is 23.1 Å². The zero-order chi connectivity index (χ0) is 20.0. The molecule has 0 N–H and O–H groups in total. The Morgan fingerprint density at radius 1 is 1.04 bits per heavy atom. The normalized spacial score (nSPS) is 10.7. The lowest BCUT2D eigenvalue weighted by Gasteiger charge is -2.18. The lowest BCUT2D eigenvalue weighted by atomic mass is 10.1. The Hall–Kier alpha value is -2.70. The first-order valence-electron chi connectivity index (χ1n) is 9.18. The molecule has 0 bridgehead atoms. The fraction of sp³-hybridized carbons (Fsp3) is 0.500. The Kier molecular flexibility index (Phi) is 7.10. The molecule has 0 radical (unpaired) electrons. The van der Waals surface area contributed by atoms with E-state index < -0.39 is 6.09 Å². The molecule has 2 rings (SSSR count). The van der Waals surface area contributed by atoms with Crippen LogP contribution in [0.3, 0.4) is 0 Å². The number of carbonyl (C=O) groups excluding carboxylic acids is 1. The molecule has 0 spiro atoms. The second kappa shape index (κ2) is 9.30. The van der Waals surface area contributed by atoms with Crippen molar-refractivity contribution in [3.63, 3.8) is 0 Å². The van der Waals surface area contributed by atoms with Crippen molar-refractivity contribution in [1.82, 2.24) is 9.47 Å². The van der Waals surface area contributed by atoms with Gasteiger partial charge in [-0.2, -0.15) is 0 Å². The number of methoxy groups -OCH3 is 2. The highest BCUT2D eigenvalue weighted by molar-refractivity contribution is 5.92. The third-order valence-corrected chi connectivity index (χ3v) is 4.50. The number of carbonyl (C=O) groups is 1. The van der Waals surface area contributed by atoms with Gasteiger partial charge in [-0.1, -0.05) is 19.8 Å². The number of ether oxygens (including phenoxy) is 3. The Morgan fingerprint density at radius 2 is 1.67 bits per heavy atom. The van der Waals surface area contributed by atoms with Gasteiger partial charge in [0.2, 0.25) is 0 Å². The molecular weight excluding hydrogens is 348 g/mol. The van der Waals surface area contributed by atoms with Crippen molar-refractivity contribution in [2.75, 3.05) is 27.8 Å². The van der Waals surface area contributed by atoms with E-state index in [1.54, 1.807) is 30.3 Å². The highest BCUT2D eigenvalue weighted by atomic mass is 16.6. The van der Waals surface area contributed by atoms with Crippen LogP contribution in [0.25, 0.3) is 10.8 Å². The van der Waals surface area contributed by atoms with Crippen LogP contribution in [0.2, 0.25) is 0 Å². The molecule has 148 valence electrons. The summed E-state index contributed by atoms with van der Waals surface area (Å²) in [5, 5.41) is 0.922. The molecule has 1 aromatic heterocycles. The summed E-state index contributed by atoms with van der Waals surface area (Å²) < 4.78 is 17.8. The number of fused-ring (bicyclic) bond motifs is 1. The van der Waals surface area contributed by atoms with Gasteiger partial charge in [0, 0.05) is 25.5 Å². The number of nitrogens with zero attached hydrogens (tertiary/aromatic N) is 2. The lowest BCUT2D eigenvalue weighted by molar-refractivity contribution is 0.162. The summed E-state index contributed by atoms with van der Waals surface area (Å²) in [6.45, 7) is 5.05. The van der Waals surface area contributed by atoms with Crippen molar-refractivity contribution in [1.29, 1.82) is 0 Å². The van der Waals surface area contributed by atoms with Crippen LogP contribution in [-0.2, 0) is 6.54 Å². The van der Waals surface area contributed by atoms with E-state index in [0.29, 0.717) is 41.1 Å². The fourth-order valence-electron chi connectivity index (χ4n) is 2.86. The maximum absolute atomic E-state index is 12.7. The van der Waals surface area contributed by atoms with Gasteiger partial charge in [-0.15, -0.1) is 0 Å². The summed E-state index contributed by atoms with van der Waals surface area (Å²) in [6, 6.07) is 3.28. The average molecular weight is 376 g/mol. The molecule has 27 heavy (non-hydrogen) atoms. The summed E-state index contributed by atoms with van der Waals surface area (Å²) in [5.74, 6) is 1.23. The van der Waals surface area contributed by atoms with E-state index in [2.05, 4.69) is 6.92 Å². The first kappa shape index (κ1) is 20.6. The van der Waals surface area contributed by atoms with E-state index in [0.717, 1.165) is 19.3 Å². The highest BCUT2D eigenvalue weighted by Gasteiger charge is 2.18. The highest BCUT2D eigenvalue weighted by Crippen LogP contribution is 2.35. The van der Waals surface area contributed by atoms with Crippen LogP contribution in [0.4, 0.5) is 4.79 Å². The minimum Gasteiger partial charge on any atom is -0.493 e. The summed E-state index contributed by atoms with van der Waals surface area (Å²) in [6.07, 6.45) is 4.16. The molecule has 0 saturated heterocycles. The predicted molar refractivity (Wildman–Crippen MR) is 105 cm³/mol. The quantitative estimate of drug-likeness (QED) is 0.658. The van der Waals surface area contributed by atoms with E-state index in [9.17, 15) is 9.59 Å². The Labute approximate surface area is 159 Å². The molecular formula is C20H28N2O5. The molecule has 0 aliphatic rings. The van der Waals surface area contributed by atoms with Crippen molar-refractivity contribution < 1.29 is 19.0 Å². The topological polar surface area (TPSA) is 70.0 Å². The van der Waals surface area contributed by atoms with E-state index in [-0.39, 0.29) is 5.56 Å². The lowest BCUT2D eigenvalue weighted by Crippen LogP contribution is -2.31. The fourth-order valence-corrected chi connectivity index (χ4v) is 2.86. The third kappa shape index (κ3) is 4.53. The molecule has 1 aromatic carbocycles. The van der Waals surface area contributed by atoms with Crippen molar-refractivity contribution in [2.45, 2.75) is 39.7 Å². The van der Waals surface area contributed by atoms with Crippen LogP contribution in [0.5, 0.6) is 17.2 Å². The van der Waals surface area contributed by atoms with Gasteiger partial charge in [0.25, 0.3) is 5.56 Å². The van der Waals surface area contributed by atoms with Crippen LogP contribution in [0.1, 0.15) is 33.1 Å². The third-order valence-electron chi connectivity index (χ3n) is 4.50. The maximum Gasteiger partial charge on any atom is 0.415 e.